The first kappa shape index (κ1) is 11.5. The molecule has 1 aliphatic heterocycles. The number of aliphatic hydroxyl groups is 1. The van der Waals surface area contributed by atoms with E-state index in [1.54, 1.807) is 0 Å². The summed E-state index contributed by atoms with van der Waals surface area (Å²) >= 11 is 0. The van der Waals surface area contributed by atoms with E-state index in [0.29, 0.717) is 19.6 Å². The van der Waals surface area contributed by atoms with Crippen LogP contribution in [0.4, 0.5) is 0 Å². The maximum atomic E-state index is 11.3. The molecule has 0 bridgehead atoms. The smallest absolute Gasteiger partial charge is 0.234 e. The molecule has 1 aliphatic rings. The molecule has 4 heteroatoms. The van der Waals surface area contributed by atoms with E-state index in [0.717, 1.165) is 6.42 Å². The minimum Gasteiger partial charge on any atom is -0.387 e. The van der Waals surface area contributed by atoms with Gasteiger partial charge in [0.25, 0.3) is 0 Å². The van der Waals surface area contributed by atoms with Gasteiger partial charge in [0.05, 0.1) is 12.1 Å². The van der Waals surface area contributed by atoms with Gasteiger partial charge < -0.3 is 10.4 Å². The molecule has 82 valence electrons. The Hall–Kier alpha value is -0.610. The third kappa shape index (κ3) is 2.96. The van der Waals surface area contributed by atoms with Crippen molar-refractivity contribution in [2.45, 2.75) is 38.8 Å². The molecular formula is C10H20N2O2. The summed E-state index contributed by atoms with van der Waals surface area (Å²) in [6, 6.07) is 0.189. The van der Waals surface area contributed by atoms with Gasteiger partial charge in [-0.15, -0.1) is 0 Å². The quantitative estimate of drug-likeness (QED) is 0.670. The number of hydrogen-bond acceptors (Lipinski definition) is 3. The topological polar surface area (TPSA) is 52.6 Å². The minimum absolute atomic E-state index is 0.0400. The Balaban J connectivity index is 2.19. The van der Waals surface area contributed by atoms with Crippen molar-refractivity contribution in [3.05, 3.63) is 0 Å². The Morgan fingerprint density at radius 2 is 2.14 bits per heavy atom. The summed E-state index contributed by atoms with van der Waals surface area (Å²) in [5, 5.41) is 12.5. The number of β-amino-alcohol motifs (C(OH)–C–C–N with tert-alkyl or cyclic N) is 1. The van der Waals surface area contributed by atoms with Crippen molar-refractivity contribution < 1.29 is 9.90 Å². The monoisotopic (exact) mass is 200 g/mol. The summed E-state index contributed by atoms with van der Waals surface area (Å²) < 4.78 is 0. The Bertz CT molecular complexity index is 210. The van der Waals surface area contributed by atoms with Crippen molar-refractivity contribution in [2.75, 3.05) is 19.6 Å². The molecule has 1 amide bonds. The second-order valence-electron chi connectivity index (χ2n) is 4.45. The second-order valence-corrected chi connectivity index (χ2v) is 4.45. The van der Waals surface area contributed by atoms with E-state index in [1.807, 2.05) is 25.7 Å². The molecule has 0 aliphatic carbocycles. The zero-order valence-corrected chi connectivity index (χ0v) is 9.21. The van der Waals surface area contributed by atoms with Crippen molar-refractivity contribution in [1.82, 2.24) is 10.2 Å². The lowest BCUT2D eigenvalue weighted by molar-refractivity contribution is -0.133. The van der Waals surface area contributed by atoms with Crippen LogP contribution in [0.5, 0.6) is 0 Å². The van der Waals surface area contributed by atoms with Crippen LogP contribution in [0.3, 0.4) is 0 Å². The van der Waals surface area contributed by atoms with E-state index in [1.165, 1.54) is 0 Å². The first-order valence-electron chi connectivity index (χ1n) is 5.19. The van der Waals surface area contributed by atoms with Crippen LogP contribution in [0.15, 0.2) is 0 Å². The Kier molecular flexibility index (Phi) is 3.50. The molecule has 1 heterocycles. The number of rotatable bonds is 4. The lowest BCUT2D eigenvalue weighted by Gasteiger charge is -2.45. The van der Waals surface area contributed by atoms with Gasteiger partial charge in [-0.05, 0) is 20.3 Å². The maximum Gasteiger partial charge on any atom is 0.234 e. The zero-order valence-electron chi connectivity index (χ0n) is 9.21. The summed E-state index contributed by atoms with van der Waals surface area (Å²) in [5.41, 5.74) is -0.544. The third-order valence-corrected chi connectivity index (χ3v) is 2.51. The van der Waals surface area contributed by atoms with Gasteiger partial charge in [-0.1, -0.05) is 6.92 Å². The van der Waals surface area contributed by atoms with Crippen molar-refractivity contribution in [2.24, 2.45) is 0 Å². The van der Waals surface area contributed by atoms with Gasteiger partial charge in [0.1, 0.15) is 0 Å². The van der Waals surface area contributed by atoms with E-state index in [2.05, 4.69) is 5.32 Å². The Morgan fingerprint density at radius 3 is 2.57 bits per heavy atom. The molecule has 0 aromatic carbocycles. The van der Waals surface area contributed by atoms with Crippen LogP contribution in [-0.2, 0) is 4.79 Å². The number of likely N-dealkylation sites (tertiary alicyclic amines) is 1. The van der Waals surface area contributed by atoms with E-state index in [9.17, 15) is 9.90 Å². The van der Waals surface area contributed by atoms with Crippen molar-refractivity contribution in [3.63, 3.8) is 0 Å². The molecular weight excluding hydrogens is 180 g/mol. The molecule has 4 nitrogen and oxygen atoms in total. The van der Waals surface area contributed by atoms with Crippen LogP contribution < -0.4 is 5.32 Å². The lowest BCUT2D eigenvalue weighted by Crippen LogP contribution is -2.63. The molecule has 0 unspecified atom stereocenters. The number of nitrogens with one attached hydrogen (secondary N) is 1. The predicted molar refractivity (Wildman–Crippen MR) is 55.0 cm³/mol. The molecule has 1 fully saturated rings. The SMILES string of the molecule is CCC1(O)CN(CC(=O)NC(C)C)C1. The van der Waals surface area contributed by atoms with Gasteiger partial charge in [-0.25, -0.2) is 0 Å². The number of carbonyl (C=O) groups excluding carboxylic acids is 1. The van der Waals surface area contributed by atoms with Gasteiger partial charge in [0, 0.05) is 19.1 Å². The van der Waals surface area contributed by atoms with Crippen molar-refractivity contribution in [1.29, 1.82) is 0 Å². The number of nitrogens with zero attached hydrogens (tertiary/aromatic N) is 1. The van der Waals surface area contributed by atoms with Gasteiger partial charge in [-0.3, -0.25) is 9.69 Å². The average Bonchev–Trinajstić information content (AvgIpc) is 1.99. The molecule has 0 saturated carbocycles. The standard InChI is InChI=1S/C10H20N2O2/c1-4-10(14)6-12(7-10)5-9(13)11-8(2)3/h8,14H,4-7H2,1-3H3,(H,11,13). The predicted octanol–water partition coefficient (Wildman–Crippen LogP) is -0.0323. The molecule has 14 heavy (non-hydrogen) atoms. The van der Waals surface area contributed by atoms with E-state index in [4.69, 9.17) is 0 Å². The van der Waals surface area contributed by atoms with Crippen LogP contribution >= 0.6 is 0 Å². The van der Waals surface area contributed by atoms with Crippen molar-refractivity contribution >= 4 is 5.91 Å². The Morgan fingerprint density at radius 1 is 1.57 bits per heavy atom. The van der Waals surface area contributed by atoms with Gasteiger partial charge in [0.15, 0.2) is 0 Å². The molecule has 0 aromatic rings. The second kappa shape index (κ2) is 4.28. The zero-order chi connectivity index (χ0) is 10.8. The molecule has 0 radical (unpaired) electrons. The number of amides is 1. The first-order valence-corrected chi connectivity index (χ1v) is 5.19. The van der Waals surface area contributed by atoms with E-state index < -0.39 is 5.60 Å². The molecule has 1 saturated heterocycles. The summed E-state index contributed by atoms with van der Waals surface area (Å²) in [7, 11) is 0. The summed E-state index contributed by atoms with van der Waals surface area (Å²) in [6.45, 7) is 7.49. The normalized spacial score (nSPS) is 20.6. The third-order valence-electron chi connectivity index (χ3n) is 2.51. The summed E-state index contributed by atoms with van der Waals surface area (Å²) in [4.78, 5) is 13.3. The summed E-state index contributed by atoms with van der Waals surface area (Å²) in [5.74, 6) is 0.0400. The molecule has 0 spiro atoms. The molecule has 2 N–H and O–H groups in total. The van der Waals surface area contributed by atoms with Gasteiger partial charge >= 0.3 is 0 Å². The van der Waals surface area contributed by atoms with Crippen molar-refractivity contribution in [3.8, 4) is 0 Å². The molecule has 0 atom stereocenters. The van der Waals surface area contributed by atoms with E-state index in [-0.39, 0.29) is 11.9 Å². The van der Waals surface area contributed by atoms with Crippen LogP contribution in [0.1, 0.15) is 27.2 Å². The number of carbonyl (C=O) groups is 1. The Labute approximate surface area is 85.3 Å². The highest BCUT2D eigenvalue weighted by Crippen LogP contribution is 2.23. The first-order chi connectivity index (χ1) is 6.45. The van der Waals surface area contributed by atoms with Crippen LogP contribution in [-0.4, -0.2) is 47.2 Å². The summed E-state index contributed by atoms with van der Waals surface area (Å²) in [6.07, 6.45) is 0.759. The van der Waals surface area contributed by atoms with Crippen LogP contribution in [0, 0.1) is 0 Å². The van der Waals surface area contributed by atoms with E-state index >= 15 is 0 Å². The number of hydrogen-bond donors (Lipinski definition) is 2. The molecule has 0 aromatic heterocycles. The minimum atomic E-state index is -0.544. The van der Waals surface area contributed by atoms with Crippen LogP contribution in [0.2, 0.25) is 0 Å². The fourth-order valence-corrected chi connectivity index (χ4v) is 1.69. The fourth-order valence-electron chi connectivity index (χ4n) is 1.69. The highest BCUT2D eigenvalue weighted by molar-refractivity contribution is 5.78. The highest BCUT2D eigenvalue weighted by atomic mass is 16.3. The lowest BCUT2D eigenvalue weighted by atomic mass is 9.91. The maximum absolute atomic E-state index is 11.3. The average molecular weight is 200 g/mol. The highest BCUT2D eigenvalue weighted by Gasteiger charge is 2.39. The van der Waals surface area contributed by atoms with Gasteiger partial charge in [0.2, 0.25) is 5.91 Å². The van der Waals surface area contributed by atoms with Crippen LogP contribution in [0.25, 0.3) is 0 Å². The van der Waals surface area contributed by atoms with Gasteiger partial charge in [-0.2, -0.15) is 0 Å². The molecule has 1 rings (SSSR count). The largest absolute Gasteiger partial charge is 0.387 e. The fraction of sp³-hybridized carbons (Fsp3) is 0.900.